The lowest BCUT2D eigenvalue weighted by Crippen LogP contribution is -2.13. The molecule has 1 amide bonds. The highest BCUT2D eigenvalue weighted by molar-refractivity contribution is 5.95. The number of carbonyl (C=O) groups excluding carboxylic acids is 1. The summed E-state index contributed by atoms with van der Waals surface area (Å²) in [6, 6.07) is 17.4. The molecule has 4 aromatic rings. The third kappa shape index (κ3) is 4.77. The Morgan fingerprint density at radius 1 is 0.909 bits per heavy atom. The molecule has 33 heavy (non-hydrogen) atoms. The van der Waals surface area contributed by atoms with E-state index in [0.29, 0.717) is 23.6 Å². The minimum Gasteiger partial charge on any atom is -0.497 e. The van der Waals surface area contributed by atoms with Gasteiger partial charge < -0.3 is 24.5 Å². The van der Waals surface area contributed by atoms with E-state index in [-0.39, 0.29) is 18.1 Å². The number of halogens is 1. The van der Waals surface area contributed by atoms with E-state index in [1.54, 1.807) is 38.5 Å². The van der Waals surface area contributed by atoms with Gasteiger partial charge in [0.1, 0.15) is 23.1 Å². The Kier molecular flexibility index (Phi) is 6.49. The van der Waals surface area contributed by atoms with Crippen molar-refractivity contribution in [2.24, 2.45) is 0 Å². The molecule has 1 aromatic heterocycles. The van der Waals surface area contributed by atoms with Crippen molar-refractivity contribution in [1.29, 1.82) is 0 Å². The van der Waals surface area contributed by atoms with E-state index in [1.807, 2.05) is 24.3 Å². The van der Waals surface area contributed by atoms with Gasteiger partial charge in [-0.05, 0) is 72.1 Å². The van der Waals surface area contributed by atoms with Gasteiger partial charge in [-0.25, -0.2) is 4.39 Å². The second-order valence-corrected chi connectivity index (χ2v) is 7.51. The fraction of sp³-hybridized carbons (Fsp3) is 0.192. The van der Waals surface area contributed by atoms with Gasteiger partial charge in [-0.3, -0.25) is 4.79 Å². The van der Waals surface area contributed by atoms with Gasteiger partial charge in [-0.1, -0.05) is 0 Å². The van der Waals surface area contributed by atoms with Crippen LogP contribution in [-0.2, 0) is 11.2 Å². The molecule has 1 heterocycles. The molecule has 0 aliphatic rings. The fourth-order valence-electron chi connectivity index (χ4n) is 3.84. The van der Waals surface area contributed by atoms with Crippen LogP contribution in [0.5, 0.6) is 17.2 Å². The Labute approximate surface area is 191 Å². The van der Waals surface area contributed by atoms with E-state index in [4.69, 9.17) is 14.2 Å². The Balaban J connectivity index is 1.60. The Bertz CT molecular complexity index is 1280. The van der Waals surface area contributed by atoms with Crippen LogP contribution in [0.15, 0.2) is 60.7 Å². The van der Waals surface area contributed by atoms with Gasteiger partial charge in [0.25, 0.3) is 0 Å². The summed E-state index contributed by atoms with van der Waals surface area (Å²) in [5, 5.41) is 3.65. The number of aromatic amines is 1. The minimum absolute atomic E-state index is 0.176. The number of aromatic nitrogens is 1. The van der Waals surface area contributed by atoms with Gasteiger partial charge in [0.15, 0.2) is 0 Å². The summed E-state index contributed by atoms with van der Waals surface area (Å²) in [4.78, 5) is 16.1. The number of fused-ring (bicyclic) bond motifs is 1. The van der Waals surface area contributed by atoms with Crippen molar-refractivity contribution < 1.29 is 23.4 Å². The first-order chi connectivity index (χ1) is 16.0. The summed E-state index contributed by atoms with van der Waals surface area (Å²) in [5.74, 6) is 1.39. The number of benzene rings is 3. The summed E-state index contributed by atoms with van der Waals surface area (Å²) >= 11 is 0. The van der Waals surface area contributed by atoms with Crippen LogP contribution in [0.2, 0.25) is 0 Å². The predicted molar refractivity (Wildman–Crippen MR) is 127 cm³/mol. The Hall–Kier alpha value is -4.00. The standard InChI is InChI=1S/C26H25FN2O4/c1-31-18-7-4-16(5-8-18)26-20(21-14-17(27)6-11-22(21)29-26)10-13-25(30)28-23-12-9-19(32-2)15-24(23)33-3/h4-9,11-12,14-15,29H,10,13H2,1-3H3,(H,28,30). The molecule has 0 spiro atoms. The highest BCUT2D eigenvalue weighted by atomic mass is 19.1. The number of hydrogen-bond donors (Lipinski definition) is 2. The number of hydrogen-bond acceptors (Lipinski definition) is 4. The number of H-pyrrole nitrogens is 1. The van der Waals surface area contributed by atoms with Gasteiger partial charge in [-0.15, -0.1) is 0 Å². The number of aryl methyl sites for hydroxylation is 1. The van der Waals surface area contributed by atoms with Crippen LogP contribution in [0, 0.1) is 5.82 Å². The van der Waals surface area contributed by atoms with Crippen molar-refractivity contribution in [2.45, 2.75) is 12.8 Å². The van der Waals surface area contributed by atoms with E-state index >= 15 is 0 Å². The van der Waals surface area contributed by atoms with Gasteiger partial charge in [0.05, 0.1) is 27.0 Å². The molecule has 0 unspecified atom stereocenters. The monoisotopic (exact) mass is 448 g/mol. The summed E-state index contributed by atoms with van der Waals surface area (Å²) < 4.78 is 29.8. The summed E-state index contributed by atoms with van der Waals surface area (Å²) in [7, 11) is 4.71. The number of nitrogens with one attached hydrogen (secondary N) is 2. The van der Waals surface area contributed by atoms with Crippen molar-refractivity contribution >= 4 is 22.5 Å². The summed E-state index contributed by atoms with van der Waals surface area (Å²) in [6.45, 7) is 0. The molecule has 0 aliphatic heterocycles. The summed E-state index contributed by atoms with van der Waals surface area (Å²) in [6.07, 6.45) is 0.636. The Morgan fingerprint density at radius 3 is 2.33 bits per heavy atom. The normalized spacial score (nSPS) is 10.8. The second-order valence-electron chi connectivity index (χ2n) is 7.51. The van der Waals surface area contributed by atoms with Crippen LogP contribution < -0.4 is 19.5 Å². The zero-order chi connectivity index (χ0) is 23.4. The average Bonchev–Trinajstić information content (AvgIpc) is 3.20. The highest BCUT2D eigenvalue weighted by Gasteiger charge is 2.16. The lowest BCUT2D eigenvalue weighted by molar-refractivity contribution is -0.116. The van der Waals surface area contributed by atoms with Crippen molar-refractivity contribution in [2.75, 3.05) is 26.6 Å². The molecule has 0 fully saturated rings. The molecule has 0 atom stereocenters. The first-order valence-electron chi connectivity index (χ1n) is 10.5. The average molecular weight is 448 g/mol. The van der Waals surface area contributed by atoms with Crippen LogP contribution >= 0.6 is 0 Å². The molecular formula is C26H25FN2O4. The molecule has 3 aromatic carbocycles. The smallest absolute Gasteiger partial charge is 0.224 e. The van der Waals surface area contributed by atoms with Crippen molar-refractivity contribution in [3.8, 4) is 28.5 Å². The molecule has 0 saturated heterocycles. The molecule has 0 radical (unpaired) electrons. The van der Waals surface area contributed by atoms with E-state index < -0.39 is 0 Å². The van der Waals surface area contributed by atoms with E-state index in [1.165, 1.54) is 19.2 Å². The Morgan fingerprint density at radius 2 is 1.64 bits per heavy atom. The zero-order valence-corrected chi connectivity index (χ0v) is 18.7. The first-order valence-corrected chi connectivity index (χ1v) is 10.5. The van der Waals surface area contributed by atoms with Gasteiger partial charge in [0.2, 0.25) is 5.91 Å². The maximum absolute atomic E-state index is 14.0. The molecule has 0 bridgehead atoms. The van der Waals surface area contributed by atoms with Crippen molar-refractivity contribution in [1.82, 2.24) is 4.98 Å². The van der Waals surface area contributed by atoms with Crippen molar-refractivity contribution in [3.63, 3.8) is 0 Å². The lowest BCUT2D eigenvalue weighted by Gasteiger charge is -2.12. The second kappa shape index (κ2) is 9.65. The van der Waals surface area contributed by atoms with E-state index in [2.05, 4.69) is 10.3 Å². The topological polar surface area (TPSA) is 72.6 Å². The van der Waals surface area contributed by atoms with Crippen LogP contribution in [0.1, 0.15) is 12.0 Å². The molecule has 0 saturated carbocycles. The molecule has 0 aliphatic carbocycles. The third-order valence-corrected chi connectivity index (χ3v) is 5.53. The number of amides is 1. The maximum atomic E-state index is 14.0. The number of anilines is 1. The SMILES string of the molecule is COc1ccc(-c2[nH]c3ccc(F)cc3c2CCC(=O)Nc2ccc(OC)cc2OC)cc1. The van der Waals surface area contributed by atoms with Gasteiger partial charge in [-0.2, -0.15) is 0 Å². The number of methoxy groups -OCH3 is 3. The zero-order valence-electron chi connectivity index (χ0n) is 18.7. The largest absolute Gasteiger partial charge is 0.497 e. The molecule has 7 heteroatoms. The van der Waals surface area contributed by atoms with E-state index in [0.717, 1.165) is 33.5 Å². The lowest BCUT2D eigenvalue weighted by atomic mass is 10.0. The minimum atomic E-state index is -0.323. The summed E-state index contributed by atoms with van der Waals surface area (Å²) in [5.41, 5.74) is 4.04. The van der Waals surface area contributed by atoms with Gasteiger partial charge in [0, 0.05) is 29.1 Å². The molecule has 6 nitrogen and oxygen atoms in total. The number of carbonyl (C=O) groups is 1. The van der Waals surface area contributed by atoms with Crippen LogP contribution in [0.3, 0.4) is 0 Å². The molecule has 4 rings (SSSR count). The first kappa shape index (κ1) is 22.2. The number of ether oxygens (including phenoxy) is 3. The highest BCUT2D eigenvalue weighted by Crippen LogP contribution is 2.33. The molecular weight excluding hydrogens is 423 g/mol. The van der Waals surface area contributed by atoms with Crippen molar-refractivity contribution in [3.05, 3.63) is 72.0 Å². The van der Waals surface area contributed by atoms with Gasteiger partial charge >= 0.3 is 0 Å². The van der Waals surface area contributed by atoms with Crippen LogP contribution in [0.25, 0.3) is 22.2 Å². The number of rotatable bonds is 8. The van der Waals surface area contributed by atoms with Crippen LogP contribution in [-0.4, -0.2) is 32.2 Å². The third-order valence-electron chi connectivity index (χ3n) is 5.53. The molecule has 170 valence electrons. The quantitative estimate of drug-likeness (QED) is 0.370. The fourth-order valence-corrected chi connectivity index (χ4v) is 3.84. The van der Waals surface area contributed by atoms with E-state index in [9.17, 15) is 9.18 Å². The molecule has 2 N–H and O–H groups in total. The predicted octanol–water partition coefficient (Wildman–Crippen LogP) is 5.57. The maximum Gasteiger partial charge on any atom is 0.224 e. The van der Waals surface area contributed by atoms with Crippen LogP contribution in [0.4, 0.5) is 10.1 Å².